The van der Waals surface area contributed by atoms with E-state index in [-0.39, 0.29) is 17.9 Å². The second-order valence-electron chi connectivity index (χ2n) is 10.3. The van der Waals surface area contributed by atoms with Gasteiger partial charge in [-0.05, 0) is 76.4 Å². The number of nitrogens with zero attached hydrogens (tertiary/aromatic N) is 3. The highest BCUT2D eigenvalue weighted by molar-refractivity contribution is 5.68. The Morgan fingerprint density at radius 1 is 1.08 bits per heavy atom. The fraction of sp³-hybridized carbons (Fsp3) is 0.393. The zero-order valence-electron chi connectivity index (χ0n) is 22.0. The summed E-state index contributed by atoms with van der Waals surface area (Å²) in [6.45, 7) is 10.4. The van der Waals surface area contributed by atoms with Crippen molar-refractivity contribution >= 4 is 17.7 Å². The average Bonchev–Trinajstić information content (AvgIpc) is 2.84. The Balaban J connectivity index is 1.66. The smallest absolute Gasteiger partial charge is 0.410 e. The quantitative estimate of drug-likeness (QED) is 0.466. The first-order chi connectivity index (χ1) is 17.5. The lowest BCUT2D eigenvalue weighted by molar-refractivity contribution is 0.0220. The lowest BCUT2D eigenvalue weighted by Gasteiger charge is -2.31. The topological polar surface area (TPSA) is 88.5 Å². The summed E-state index contributed by atoms with van der Waals surface area (Å²) in [4.78, 5) is 32.8. The van der Waals surface area contributed by atoms with Gasteiger partial charge in [-0.1, -0.05) is 18.2 Å². The molecule has 0 unspecified atom stereocenters. The fourth-order valence-electron chi connectivity index (χ4n) is 4.32. The van der Waals surface area contributed by atoms with Crippen molar-refractivity contribution in [2.45, 2.75) is 53.2 Å². The number of anilines is 2. The largest absolute Gasteiger partial charge is 0.444 e. The van der Waals surface area contributed by atoms with Gasteiger partial charge >= 0.3 is 6.09 Å². The number of carbonyl (C=O) groups is 1. The molecule has 0 aliphatic carbocycles. The van der Waals surface area contributed by atoms with Crippen molar-refractivity contribution in [3.63, 3.8) is 0 Å². The second kappa shape index (κ2) is 10.6. The van der Waals surface area contributed by atoms with Crippen molar-refractivity contribution in [1.29, 1.82) is 0 Å². The van der Waals surface area contributed by atoms with Crippen LogP contribution in [-0.2, 0) is 17.7 Å². The number of nitrogens with one attached hydrogen (secondary N) is 2. The molecule has 1 amide bonds. The minimum absolute atomic E-state index is 0.179. The van der Waals surface area contributed by atoms with E-state index in [0.717, 1.165) is 5.69 Å². The van der Waals surface area contributed by atoms with Gasteiger partial charge in [0.15, 0.2) is 0 Å². The van der Waals surface area contributed by atoms with Crippen molar-refractivity contribution in [3.8, 4) is 5.69 Å². The van der Waals surface area contributed by atoms with Gasteiger partial charge in [-0.2, -0.15) is 0 Å². The third-order valence-corrected chi connectivity index (χ3v) is 6.08. The van der Waals surface area contributed by atoms with Crippen LogP contribution in [0.3, 0.4) is 0 Å². The zero-order chi connectivity index (χ0) is 26.7. The minimum Gasteiger partial charge on any atom is -0.444 e. The highest BCUT2D eigenvalue weighted by Crippen LogP contribution is 2.23. The lowest BCUT2D eigenvalue weighted by atomic mass is 10.1. The van der Waals surface area contributed by atoms with Crippen LogP contribution in [-0.4, -0.2) is 45.8 Å². The molecule has 9 heteroatoms. The van der Waals surface area contributed by atoms with Crippen molar-refractivity contribution in [2.24, 2.45) is 0 Å². The molecule has 0 bridgehead atoms. The van der Waals surface area contributed by atoms with Crippen LogP contribution in [0.1, 0.15) is 43.2 Å². The van der Waals surface area contributed by atoms with E-state index in [2.05, 4.69) is 10.6 Å². The number of amides is 1. The Kier molecular flexibility index (Phi) is 7.52. The SMILES string of the molecule is Cc1cc(-n2c(NCCNc3ccccc3)nc3c(c2=O)CCN(C(=O)OC(C)(C)C)C3)cc(C)c1F. The summed E-state index contributed by atoms with van der Waals surface area (Å²) in [5, 5.41) is 6.59. The first-order valence-electron chi connectivity index (χ1n) is 12.5. The van der Waals surface area contributed by atoms with E-state index in [1.165, 1.54) is 4.57 Å². The number of fused-ring (bicyclic) bond motifs is 1. The van der Waals surface area contributed by atoms with E-state index in [4.69, 9.17) is 9.72 Å². The summed E-state index contributed by atoms with van der Waals surface area (Å²) in [6.07, 6.45) is -0.0782. The van der Waals surface area contributed by atoms with Gasteiger partial charge in [-0.25, -0.2) is 18.7 Å². The number of ether oxygens (including phenoxy) is 1. The maximum atomic E-state index is 14.4. The van der Waals surface area contributed by atoms with Crippen LogP contribution < -0.4 is 16.2 Å². The number of hydrogen-bond donors (Lipinski definition) is 2. The van der Waals surface area contributed by atoms with Crippen LogP contribution in [0.4, 0.5) is 20.8 Å². The van der Waals surface area contributed by atoms with E-state index in [0.29, 0.717) is 60.1 Å². The molecule has 0 fully saturated rings. The summed E-state index contributed by atoms with van der Waals surface area (Å²) in [6, 6.07) is 13.1. The lowest BCUT2D eigenvalue weighted by Crippen LogP contribution is -2.43. The van der Waals surface area contributed by atoms with E-state index >= 15 is 0 Å². The van der Waals surface area contributed by atoms with Crippen molar-refractivity contribution < 1.29 is 13.9 Å². The number of rotatable bonds is 6. The van der Waals surface area contributed by atoms with Crippen LogP contribution in [0.2, 0.25) is 0 Å². The molecule has 2 N–H and O–H groups in total. The predicted molar refractivity (Wildman–Crippen MR) is 143 cm³/mol. The first-order valence-corrected chi connectivity index (χ1v) is 12.5. The number of hydrogen-bond acceptors (Lipinski definition) is 6. The standard InChI is InChI=1S/C28H34FN5O3/c1-18-15-21(16-19(2)24(18)29)34-25(35)22-11-14-33(27(36)37-28(3,4)5)17-23(22)32-26(34)31-13-12-30-20-9-7-6-8-10-20/h6-10,15-16,30H,11-14,17H2,1-5H3,(H,31,32). The average molecular weight is 508 g/mol. The molecule has 3 aromatic rings. The van der Waals surface area contributed by atoms with E-state index in [9.17, 15) is 14.0 Å². The number of carbonyl (C=O) groups excluding carboxylic acids is 1. The molecule has 1 aromatic heterocycles. The molecular weight excluding hydrogens is 473 g/mol. The molecule has 0 spiro atoms. The van der Waals surface area contributed by atoms with Crippen molar-refractivity contribution in [2.75, 3.05) is 30.3 Å². The summed E-state index contributed by atoms with van der Waals surface area (Å²) in [5.41, 5.74) is 2.67. The highest BCUT2D eigenvalue weighted by atomic mass is 19.1. The molecule has 1 aliphatic heterocycles. The predicted octanol–water partition coefficient (Wildman–Crippen LogP) is 4.81. The molecular formula is C28H34FN5O3. The molecule has 0 saturated heterocycles. The Hall–Kier alpha value is -3.88. The third kappa shape index (κ3) is 6.10. The zero-order valence-corrected chi connectivity index (χ0v) is 22.0. The number of para-hydroxylation sites is 1. The molecule has 196 valence electrons. The van der Waals surface area contributed by atoms with Crippen LogP contribution in [0.15, 0.2) is 47.3 Å². The molecule has 8 nitrogen and oxygen atoms in total. The van der Waals surface area contributed by atoms with Gasteiger partial charge in [0.2, 0.25) is 5.95 Å². The molecule has 2 aromatic carbocycles. The molecule has 2 heterocycles. The van der Waals surface area contributed by atoms with Gasteiger partial charge in [-0.3, -0.25) is 4.79 Å². The van der Waals surface area contributed by atoms with Crippen LogP contribution in [0.5, 0.6) is 0 Å². The summed E-state index contributed by atoms with van der Waals surface area (Å²) >= 11 is 0. The van der Waals surface area contributed by atoms with Crippen LogP contribution >= 0.6 is 0 Å². The molecule has 4 rings (SSSR count). The number of aromatic nitrogens is 2. The van der Waals surface area contributed by atoms with Crippen LogP contribution in [0, 0.1) is 19.7 Å². The maximum Gasteiger partial charge on any atom is 0.410 e. The van der Waals surface area contributed by atoms with E-state index in [1.807, 2.05) is 51.1 Å². The molecule has 1 aliphatic rings. The van der Waals surface area contributed by atoms with Gasteiger partial charge in [0, 0.05) is 30.9 Å². The number of halogens is 1. The monoisotopic (exact) mass is 507 g/mol. The molecule has 37 heavy (non-hydrogen) atoms. The first kappa shape index (κ1) is 26.2. The Morgan fingerprint density at radius 2 is 1.73 bits per heavy atom. The van der Waals surface area contributed by atoms with E-state index < -0.39 is 11.7 Å². The van der Waals surface area contributed by atoms with Crippen LogP contribution in [0.25, 0.3) is 5.69 Å². The third-order valence-electron chi connectivity index (χ3n) is 6.08. The van der Waals surface area contributed by atoms with Gasteiger partial charge in [0.25, 0.3) is 5.56 Å². The Morgan fingerprint density at radius 3 is 2.38 bits per heavy atom. The summed E-state index contributed by atoms with van der Waals surface area (Å²) in [5.74, 6) is 0.0485. The summed E-state index contributed by atoms with van der Waals surface area (Å²) < 4.78 is 21.4. The normalized spacial score (nSPS) is 13.2. The fourth-order valence-corrected chi connectivity index (χ4v) is 4.32. The van der Waals surface area contributed by atoms with Gasteiger partial charge in [-0.15, -0.1) is 0 Å². The Bertz CT molecular complexity index is 1330. The molecule has 0 radical (unpaired) electrons. The molecule has 0 saturated carbocycles. The summed E-state index contributed by atoms with van der Waals surface area (Å²) in [7, 11) is 0. The maximum absolute atomic E-state index is 14.4. The van der Waals surface area contributed by atoms with Gasteiger partial charge in [0.1, 0.15) is 11.4 Å². The van der Waals surface area contributed by atoms with Crippen molar-refractivity contribution in [3.05, 3.63) is 81.0 Å². The second-order valence-corrected chi connectivity index (χ2v) is 10.3. The van der Waals surface area contributed by atoms with E-state index in [1.54, 1.807) is 30.9 Å². The number of aryl methyl sites for hydroxylation is 2. The number of benzene rings is 2. The van der Waals surface area contributed by atoms with Crippen molar-refractivity contribution in [1.82, 2.24) is 14.5 Å². The minimum atomic E-state index is -0.620. The Labute approximate surface area is 216 Å². The van der Waals surface area contributed by atoms with Gasteiger partial charge < -0.3 is 20.3 Å². The molecule has 0 atom stereocenters. The highest BCUT2D eigenvalue weighted by Gasteiger charge is 2.29. The van der Waals surface area contributed by atoms with Gasteiger partial charge in [0.05, 0.1) is 17.9 Å².